The smallest absolute Gasteiger partial charge is 2.00 e. The molecule has 0 aliphatic carbocycles. The van der Waals surface area contributed by atoms with Gasteiger partial charge in [0.15, 0.2) is 0 Å². The zero-order chi connectivity index (χ0) is 0. The summed E-state index contributed by atoms with van der Waals surface area (Å²) >= 11 is 0. The maximum Gasteiger partial charge on any atom is 3.00 e. The summed E-state index contributed by atoms with van der Waals surface area (Å²) in [5.41, 5.74) is 0. The van der Waals surface area contributed by atoms with Crippen molar-refractivity contribution in [3.8, 4) is 0 Å². The van der Waals surface area contributed by atoms with Crippen LogP contribution in [-0.4, -0.2) is 0 Å². The first-order chi connectivity index (χ1) is 0. The molecule has 9 heavy (non-hydrogen) atoms. The average molecular weight is 686 g/mol. The third-order valence-corrected chi connectivity index (χ3v) is 0. The molecule has 0 bridgehead atoms. The molecule has 0 amide bonds. The Morgan fingerprint density at radius 1 is 0.444 bits per heavy atom. The Kier molecular flexibility index (Phi) is 565. The van der Waals surface area contributed by atoms with Crippen molar-refractivity contribution in [2.24, 2.45) is 0 Å². The third-order valence-electron chi connectivity index (χ3n) is 0. The van der Waals surface area contributed by atoms with Crippen LogP contribution in [-0.2, 0) is 134 Å². The molecule has 0 aromatic heterocycles. The number of hydrogen-bond acceptors (Lipinski definition) is 0. The summed E-state index contributed by atoms with van der Waals surface area (Å²) in [6, 6.07) is 0. The molecule has 3 nitrogen and oxygen atoms in total. The summed E-state index contributed by atoms with van der Waals surface area (Å²) in [6.07, 6.45) is 0. The van der Waals surface area contributed by atoms with Gasteiger partial charge < -0.3 is 16.4 Å². The number of hydrogen-bond donors (Lipinski definition) is 0. The molecule has 0 rings (SSSR count). The Morgan fingerprint density at radius 2 is 0.444 bits per heavy atom. The second kappa shape index (κ2) is 64.1. The second-order valence-corrected chi connectivity index (χ2v) is 0. The van der Waals surface area contributed by atoms with Crippen LogP contribution in [0.15, 0.2) is 0 Å². The van der Waals surface area contributed by atoms with Crippen LogP contribution in [0.3, 0.4) is 0 Å². The van der Waals surface area contributed by atoms with E-state index in [1.165, 1.54) is 0 Å². The predicted molar refractivity (Wildman–Crippen MR) is 2.06 cm³/mol. The van der Waals surface area contributed by atoms with Gasteiger partial charge in [-0.1, -0.05) is 0 Å². The first-order valence-electron chi connectivity index (χ1n) is 0. The largest absolute Gasteiger partial charge is 3.00 e. The first-order valence-corrected chi connectivity index (χ1v) is 0. The normalized spacial score (nSPS) is 0. The third kappa shape index (κ3) is 54.8. The SMILES string of the molecule is [La].[La].[O-2].[O-2].[O-2].[Y+3].[Y+3].[Zr].[Zr]. The van der Waals surface area contributed by atoms with Crippen molar-refractivity contribution >= 4 is 0 Å². The summed E-state index contributed by atoms with van der Waals surface area (Å²) in [5.74, 6) is 0. The van der Waals surface area contributed by atoms with E-state index >= 15 is 0 Å². The zero-order valence-corrected chi connectivity index (χ0v) is 22.4. The van der Waals surface area contributed by atoms with Crippen molar-refractivity contribution in [3.05, 3.63) is 0 Å². The molecule has 0 aromatic rings. The fourth-order valence-corrected chi connectivity index (χ4v) is 0. The standard InChI is InChI=1S/2La.3O.2Y.2Zr/q;;3*-2;2*+3;;. The van der Waals surface area contributed by atoms with E-state index in [9.17, 15) is 0 Å². The molecule has 0 saturated carbocycles. The van der Waals surface area contributed by atoms with Crippen molar-refractivity contribution in [3.63, 3.8) is 0 Å². The Labute approximate surface area is 199 Å². The van der Waals surface area contributed by atoms with Crippen LogP contribution >= 0.6 is 0 Å². The fraction of sp³-hybridized carbons (Fsp3) is 0. The van der Waals surface area contributed by atoms with Gasteiger partial charge in [0.2, 0.25) is 0 Å². The van der Waals surface area contributed by atoms with E-state index in [2.05, 4.69) is 0 Å². The minimum absolute atomic E-state index is 0. The van der Waals surface area contributed by atoms with E-state index in [1.807, 2.05) is 0 Å². The Hall–Kier alpha value is 6.24. The van der Waals surface area contributed by atoms with E-state index in [0.29, 0.717) is 0 Å². The molecular formula is La2O3Y2Zr2. The van der Waals surface area contributed by atoms with Crippen LogP contribution in [0.4, 0.5) is 0 Å². The van der Waals surface area contributed by atoms with Crippen LogP contribution < -0.4 is 0 Å². The topological polar surface area (TPSA) is 85.5 Å². The van der Waals surface area contributed by atoms with Crippen molar-refractivity contribution < 1.29 is 205 Å². The average Bonchev–Trinajstić information content (AvgIpc) is 0. The van der Waals surface area contributed by atoms with Gasteiger partial charge in [-0.05, 0) is 0 Å². The molecule has 0 N–H and O–H groups in total. The van der Waals surface area contributed by atoms with Gasteiger partial charge >= 0.3 is 65.4 Å². The molecule has 0 fully saturated rings. The van der Waals surface area contributed by atoms with Crippen molar-refractivity contribution in [2.45, 2.75) is 0 Å². The minimum Gasteiger partial charge on any atom is -2.00 e. The van der Waals surface area contributed by atoms with Gasteiger partial charge in [-0.25, -0.2) is 0 Å². The summed E-state index contributed by atoms with van der Waals surface area (Å²) in [5, 5.41) is 0. The fourth-order valence-electron chi connectivity index (χ4n) is 0. The van der Waals surface area contributed by atoms with Crippen molar-refractivity contribution in [2.75, 3.05) is 0 Å². The van der Waals surface area contributed by atoms with Gasteiger partial charge in [0.25, 0.3) is 0 Å². The Morgan fingerprint density at radius 3 is 0.444 bits per heavy atom. The monoisotopic (exact) mass is 683 g/mol. The summed E-state index contributed by atoms with van der Waals surface area (Å²) < 4.78 is 0. The molecular weight excluding hydrogens is 686 g/mol. The van der Waals surface area contributed by atoms with E-state index in [4.69, 9.17) is 0 Å². The van der Waals surface area contributed by atoms with Gasteiger partial charge in [-0.15, -0.1) is 0 Å². The quantitative estimate of drug-likeness (QED) is 0.334. The van der Waals surface area contributed by atoms with Crippen LogP contribution in [0.2, 0.25) is 0 Å². The number of rotatable bonds is 0. The van der Waals surface area contributed by atoms with Gasteiger partial charge in [-0.2, -0.15) is 0 Å². The predicted octanol–water partition coefficient (Wildman–Crippen LogP) is -0.366. The van der Waals surface area contributed by atoms with Gasteiger partial charge in [0, 0.05) is 124 Å². The van der Waals surface area contributed by atoms with Crippen LogP contribution in [0.5, 0.6) is 0 Å². The van der Waals surface area contributed by atoms with E-state index < -0.39 is 0 Å². The molecule has 9 heteroatoms. The van der Waals surface area contributed by atoms with Crippen molar-refractivity contribution in [1.29, 1.82) is 0 Å². The second-order valence-electron chi connectivity index (χ2n) is 0. The molecule has 38 valence electrons. The molecule has 0 aliphatic heterocycles. The maximum absolute atomic E-state index is 0. The molecule has 0 unspecified atom stereocenters. The van der Waals surface area contributed by atoms with Gasteiger partial charge in [0.1, 0.15) is 0 Å². The molecule has 0 aromatic carbocycles. The molecule has 0 aliphatic rings. The minimum atomic E-state index is 0. The van der Waals surface area contributed by atoms with E-state index in [-0.39, 0.29) is 205 Å². The van der Waals surface area contributed by atoms with Crippen LogP contribution in [0.1, 0.15) is 0 Å². The van der Waals surface area contributed by atoms with E-state index in [0.717, 1.165) is 0 Å². The Bertz CT molecular complexity index is 17.8. The maximum atomic E-state index is 0. The van der Waals surface area contributed by atoms with Gasteiger partial charge in [-0.3, -0.25) is 0 Å². The molecule has 0 spiro atoms. The van der Waals surface area contributed by atoms with Gasteiger partial charge in [0.05, 0.1) is 0 Å². The molecule has 2 radical (unpaired) electrons. The van der Waals surface area contributed by atoms with Crippen molar-refractivity contribution in [1.82, 2.24) is 0 Å². The van der Waals surface area contributed by atoms with Crippen LogP contribution in [0.25, 0.3) is 0 Å². The summed E-state index contributed by atoms with van der Waals surface area (Å²) in [6.45, 7) is 0. The molecule has 0 heterocycles. The Balaban J connectivity index is 0. The molecule has 0 saturated heterocycles. The summed E-state index contributed by atoms with van der Waals surface area (Å²) in [7, 11) is 0. The van der Waals surface area contributed by atoms with Crippen LogP contribution in [0, 0.1) is 71.2 Å². The zero-order valence-electron chi connectivity index (χ0n) is 4.53. The first kappa shape index (κ1) is 79.3. The van der Waals surface area contributed by atoms with E-state index in [1.54, 1.807) is 0 Å². The summed E-state index contributed by atoms with van der Waals surface area (Å²) in [4.78, 5) is 0. The molecule has 0 atom stereocenters.